The fourth-order valence-electron chi connectivity index (χ4n) is 1.75. The largest absolute Gasteiger partial charge is 0.379 e. The molecule has 0 aromatic carbocycles. The highest BCUT2D eigenvalue weighted by atomic mass is 14.9. The minimum Gasteiger partial charge on any atom is -0.379 e. The van der Waals surface area contributed by atoms with Gasteiger partial charge in [0.1, 0.15) is 0 Å². The number of pyridine rings is 1. The summed E-state index contributed by atoms with van der Waals surface area (Å²) in [6.45, 7) is 0.874. The van der Waals surface area contributed by atoms with Crippen molar-refractivity contribution in [3.05, 3.63) is 36.4 Å². The maximum Gasteiger partial charge on any atom is 0.0557 e. The molecule has 1 aliphatic rings. The molecule has 0 amide bonds. The van der Waals surface area contributed by atoms with Gasteiger partial charge in [0, 0.05) is 41.1 Å². The first kappa shape index (κ1) is 6.71. The lowest BCUT2D eigenvalue weighted by Gasteiger charge is -2.17. The van der Waals surface area contributed by atoms with Gasteiger partial charge in [-0.2, -0.15) is 0 Å². The zero-order valence-corrected chi connectivity index (χ0v) is 7.04. The molecule has 0 atom stereocenters. The number of aromatic amines is 1. The Morgan fingerprint density at radius 2 is 2.23 bits per heavy atom. The van der Waals surface area contributed by atoms with Crippen LogP contribution in [0.15, 0.2) is 30.7 Å². The molecule has 0 unspecified atom stereocenters. The van der Waals surface area contributed by atoms with Crippen molar-refractivity contribution in [2.75, 3.05) is 5.32 Å². The van der Waals surface area contributed by atoms with Gasteiger partial charge in [0.25, 0.3) is 0 Å². The molecule has 0 aliphatic carbocycles. The molecule has 1 aliphatic heterocycles. The Morgan fingerprint density at radius 3 is 3.23 bits per heavy atom. The van der Waals surface area contributed by atoms with E-state index in [-0.39, 0.29) is 0 Å². The molecule has 0 bridgehead atoms. The van der Waals surface area contributed by atoms with Crippen molar-refractivity contribution in [2.24, 2.45) is 0 Å². The number of rotatable bonds is 0. The van der Waals surface area contributed by atoms with Crippen LogP contribution in [0.5, 0.6) is 0 Å². The first-order valence-electron chi connectivity index (χ1n) is 4.29. The SMILES string of the molecule is c1cc2c(cn1)-c1cc[nH]c1CN2. The van der Waals surface area contributed by atoms with Crippen molar-refractivity contribution in [3.8, 4) is 11.1 Å². The standard InChI is InChI=1S/C10H9N3/c1-4-12-10-6-13-9-2-3-11-5-8(9)7(1)10/h1-5,12-13H,6H2. The Labute approximate surface area is 75.8 Å². The zero-order valence-electron chi connectivity index (χ0n) is 7.04. The van der Waals surface area contributed by atoms with E-state index in [1.165, 1.54) is 22.5 Å². The lowest BCUT2D eigenvalue weighted by atomic mass is 10.0. The molecule has 0 spiro atoms. The third-order valence-electron chi connectivity index (χ3n) is 2.40. The number of nitrogens with zero attached hydrogens (tertiary/aromatic N) is 1. The highest BCUT2D eigenvalue weighted by molar-refractivity contribution is 5.81. The summed E-state index contributed by atoms with van der Waals surface area (Å²) >= 11 is 0. The van der Waals surface area contributed by atoms with Gasteiger partial charge in [0.15, 0.2) is 0 Å². The second-order valence-corrected chi connectivity index (χ2v) is 3.14. The number of H-pyrrole nitrogens is 1. The molecular formula is C10H9N3. The minimum atomic E-state index is 0.874. The summed E-state index contributed by atoms with van der Waals surface area (Å²) in [5.41, 5.74) is 4.86. The Balaban J connectivity index is 2.30. The Kier molecular flexibility index (Phi) is 1.22. The predicted molar refractivity (Wildman–Crippen MR) is 51.4 cm³/mol. The van der Waals surface area contributed by atoms with Crippen LogP contribution in [0.3, 0.4) is 0 Å². The van der Waals surface area contributed by atoms with Gasteiger partial charge in [-0.05, 0) is 12.1 Å². The smallest absolute Gasteiger partial charge is 0.0557 e. The van der Waals surface area contributed by atoms with Crippen molar-refractivity contribution in [3.63, 3.8) is 0 Å². The van der Waals surface area contributed by atoms with Crippen molar-refractivity contribution in [2.45, 2.75) is 6.54 Å². The second-order valence-electron chi connectivity index (χ2n) is 3.14. The summed E-state index contributed by atoms with van der Waals surface area (Å²) in [5, 5.41) is 3.33. The number of hydrogen-bond acceptors (Lipinski definition) is 2. The molecule has 64 valence electrons. The summed E-state index contributed by atoms with van der Waals surface area (Å²) < 4.78 is 0. The van der Waals surface area contributed by atoms with Crippen LogP contribution in [0, 0.1) is 0 Å². The second kappa shape index (κ2) is 2.36. The Morgan fingerprint density at radius 1 is 1.23 bits per heavy atom. The molecule has 3 heteroatoms. The van der Waals surface area contributed by atoms with Crippen LogP contribution in [0.25, 0.3) is 11.1 Å². The van der Waals surface area contributed by atoms with E-state index in [9.17, 15) is 0 Å². The molecule has 3 nitrogen and oxygen atoms in total. The van der Waals surface area contributed by atoms with E-state index >= 15 is 0 Å². The minimum absolute atomic E-state index is 0.874. The monoisotopic (exact) mass is 171 g/mol. The molecule has 0 fully saturated rings. The van der Waals surface area contributed by atoms with Crippen LogP contribution >= 0.6 is 0 Å². The summed E-state index contributed by atoms with van der Waals surface area (Å²) in [6, 6.07) is 4.10. The molecule has 0 radical (unpaired) electrons. The number of hydrogen-bond donors (Lipinski definition) is 2. The lowest BCUT2D eigenvalue weighted by Crippen LogP contribution is -2.07. The van der Waals surface area contributed by atoms with Gasteiger partial charge in [-0.25, -0.2) is 0 Å². The van der Waals surface area contributed by atoms with Crippen molar-refractivity contribution in [1.29, 1.82) is 0 Å². The van der Waals surface area contributed by atoms with Gasteiger partial charge in [-0.15, -0.1) is 0 Å². The van der Waals surface area contributed by atoms with Crippen LogP contribution in [0.4, 0.5) is 5.69 Å². The van der Waals surface area contributed by atoms with Crippen LogP contribution in [0.1, 0.15) is 5.69 Å². The van der Waals surface area contributed by atoms with E-state index in [0.717, 1.165) is 6.54 Å². The van der Waals surface area contributed by atoms with Gasteiger partial charge in [0.2, 0.25) is 0 Å². The van der Waals surface area contributed by atoms with E-state index < -0.39 is 0 Å². The summed E-state index contributed by atoms with van der Waals surface area (Å²) in [6.07, 6.45) is 5.67. The summed E-state index contributed by atoms with van der Waals surface area (Å²) in [5.74, 6) is 0. The molecule has 2 N–H and O–H groups in total. The molecule has 3 rings (SSSR count). The van der Waals surface area contributed by atoms with Crippen LogP contribution < -0.4 is 5.32 Å². The van der Waals surface area contributed by atoms with Crippen molar-refractivity contribution < 1.29 is 0 Å². The quantitative estimate of drug-likeness (QED) is 0.636. The molecule has 3 heterocycles. The Hall–Kier alpha value is -1.77. The number of fused-ring (bicyclic) bond motifs is 3. The molecular weight excluding hydrogens is 162 g/mol. The van der Waals surface area contributed by atoms with Gasteiger partial charge in [-0.3, -0.25) is 4.98 Å². The van der Waals surface area contributed by atoms with E-state index in [0.29, 0.717) is 0 Å². The van der Waals surface area contributed by atoms with E-state index in [1.54, 1.807) is 0 Å². The van der Waals surface area contributed by atoms with Crippen LogP contribution in [-0.4, -0.2) is 9.97 Å². The fraction of sp³-hybridized carbons (Fsp3) is 0.100. The lowest BCUT2D eigenvalue weighted by molar-refractivity contribution is 1.05. The van der Waals surface area contributed by atoms with Gasteiger partial charge in [0.05, 0.1) is 6.54 Å². The first-order valence-corrected chi connectivity index (χ1v) is 4.29. The fourth-order valence-corrected chi connectivity index (χ4v) is 1.75. The average Bonchev–Trinajstić information content (AvgIpc) is 2.65. The first-order chi connectivity index (χ1) is 6.45. The third-order valence-corrected chi connectivity index (χ3v) is 2.40. The summed E-state index contributed by atoms with van der Waals surface area (Å²) in [4.78, 5) is 7.33. The maximum absolute atomic E-state index is 4.12. The molecule has 2 aromatic heterocycles. The van der Waals surface area contributed by atoms with Gasteiger partial charge in [-0.1, -0.05) is 0 Å². The van der Waals surface area contributed by atoms with Crippen molar-refractivity contribution >= 4 is 5.69 Å². The van der Waals surface area contributed by atoms with Gasteiger partial charge >= 0.3 is 0 Å². The number of anilines is 1. The predicted octanol–water partition coefficient (Wildman–Crippen LogP) is 2.00. The van der Waals surface area contributed by atoms with Crippen LogP contribution in [-0.2, 0) is 6.54 Å². The maximum atomic E-state index is 4.12. The van der Waals surface area contributed by atoms with E-state index in [4.69, 9.17) is 0 Å². The number of aromatic nitrogens is 2. The molecule has 13 heavy (non-hydrogen) atoms. The van der Waals surface area contributed by atoms with Gasteiger partial charge < -0.3 is 10.3 Å². The molecule has 2 aromatic rings. The zero-order chi connectivity index (χ0) is 8.67. The van der Waals surface area contributed by atoms with E-state index in [1.807, 2.05) is 24.7 Å². The molecule has 0 saturated heterocycles. The topological polar surface area (TPSA) is 40.7 Å². The van der Waals surface area contributed by atoms with Crippen LogP contribution in [0.2, 0.25) is 0 Å². The Bertz CT molecular complexity index is 445. The third kappa shape index (κ3) is 0.869. The van der Waals surface area contributed by atoms with Crippen molar-refractivity contribution in [1.82, 2.24) is 9.97 Å². The highest BCUT2D eigenvalue weighted by Crippen LogP contribution is 2.33. The summed E-state index contributed by atoms with van der Waals surface area (Å²) in [7, 11) is 0. The number of nitrogens with one attached hydrogen (secondary N) is 2. The normalized spacial score (nSPS) is 12.9. The highest BCUT2D eigenvalue weighted by Gasteiger charge is 2.15. The van der Waals surface area contributed by atoms with E-state index in [2.05, 4.69) is 21.4 Å². The average molecular weight is 171 g/mol. The molecule has 0 saturated carbocycles.